The lowest BCUT2D eigenvalue weighted by Crippen LogP contribution is -2.42. The van der Waals surface area contributed by atoms with Crippen LogP contribution in [0.25, 0.3) is 16.9 Å². The molecular weight excluding hydrogens is 462 g/mol. The van der Waals surface area contributed by atoms with Gasteiger partial charge in [0.05, 0.1) is 5.69 Å². The molecule has 10 heteroatoms. The van der Waals surface area contributed by atoms with Gasteiger partial charge in [-0.25, -0.2) is 14.3 Å². The number of hydrogen-bond donors (Lipinski definition) is 1. The predicted octanol–water partition coefficient (Wildman–Crippen LogP) is 2.18. The van der Waals surface area contributed by atoms with E-state index in [-0.39, 0.29) is 11.4 Å². The summed E-state index contributed by atoms with van der Waals surface area (Å²) in [5.41, 5.74) is 7.90. The first kappa shape index (κ1) is 24.4. The monoisotopic (exact) mass is 487 g/mol. The third-order valence-corrected chi connectivity index (χ3v) is 5.91. The van der Waals surface area contributed by atoms with Crippen molar-refractivity contribution < 1.29 is 14.3 Å². The number of ether oxygens (including phenoxy) is 1. The van der Waals surface area contributed by atoms with Gasteiger partial charge < -0.3 is 10.5 Å². The van der Waals surface area contributed by atoms with Crippen LogP contribution in [0.5, 0.6) is 0 Å². The number of nitrogen functional groups attached to an aromatic ring is 1. The first-order valence-electron chi connectivity index (χ1n) is 11.1. The minimum atomic E-state index is -0.857. The van der Waals surface area contributed by atoms with Crippen molar-refractivity contribution in [2.24, 2.45) is 14.1 Å². The summed E-state index contributed by atoms with van der Waals surface area (Å²) in [5, 5.41) is 4.63. The van der Waals surface area contributed by atoms with E-state index in [9.17, 15) is 19.2 Å². The molecule has 2 heterocycles. The molecule has 0 amide bonds. The summed E-state index contributed by atoms with van der Waals surface area (Å²) in [4.78, 5) is 50.5. The molecule has 10 nitrogen and oxygen atoms in total. The zero-order valence-corrected chi connectivity index (χ0v) is 20.3. The van der Waals surface area contributed by atoms with E-state index < -0.39 is 35.2 Å². The molecule has 2 N–H and O–H groups in total. The van der Waals surface area contributed by atoms with Gasteiger partial charge in [-0.2, -0.15) is 5.10 Å². The van der Waals surface area contributed by atoms with Crippen LogP contribution in [0.4, 0.5) is 5.82 Å². The molecule has 184 valence electrons. The van der Waals surface area contributed by atoms with Crippen LogP contribution in [0.1, 0.15) is 31.8 Å². The predicted molar refractivity (Wildman–Crippen MR) is 134 cm³/mol. The van der Waals surface area contributed by atoms with Crippen LogP contribution in [0.2, 0.25) is 0 Å². The van der Waals surface area contributed by atoms with Gasteiger partial charge in [-0.1, -0.05) is 42.0 Å². The van der Waals surface area contributed by atoms with Crippen LogP contribution in [0.3, 0.4) is 0 Å². The van der Waals surface area contributed by atoms with Crippen LogP contribution < -0.4 is 17.0 Å². The first-order valence-corrected chi connectivity index (χ1v) is 11.1. The van der Waals surface area contributed by atoms with Crippen molar-refractivity contribution >= 4 is 17.6 Å². The summed E-state index contributed by atoms with van der Waals surface area (Å²) in [5.74, 6) is -1.90. The maximum absolute atomic E-state index is 13.2. The fourth-order valence-corrected chi connectivity index (χ4v) is 3.92. The number of hydrogen-bond acceptors (Lipinski definition) is 7. The van der Waals surface area contributed by atoms with Gasteiger partial charge in [-0.05, 0) is 31.5 Å². The van der Waals surface area contributed by atoms with E-state index in [0.717, 1.165) is 31.5 Å². The highest BCUT2D eigenvalue weighted by molar-refractivity contribution is 6.03. The summed E-state index contributed by atoms with van der Waals surface area (Å²) < 4.78 is 8.63. The minimum Gasteiger partial charge on any atom is -0.454 e. The number of aromatic nitrogens is 4. The van der Waals surface area contributed by atoms with E-state index in [1.165, 1.54) is 20.3 Å². The molecule has 0 atom stereocenters. The quantitative estimate of drug-likeness (QED) is 0.326. The molecule has 2 aromatic heterocycles. The third kappa shape index (κ3) is 4.36. The number of benzene rings is 2. The largest absolute Gasteiger partial charge is 0.454 e. The summed E-state index contributed by atoms with van der Waals surface area (Å²) in [7, 11) is 2.58. The number of anilines is 1. The van der Waals surface area contributed by atoms with Crippen molar-refractivity contribution in [1.82, 2.24) is 18.9 Å². The van der Waals surface area contributed by atoms with Crippen LogP contribution in [-0.2, 0) is 18.8 Å². The molecule has 0 radical (unpaired) electrons. The summed E-state index contributed by atoms with van der Waals surface area (Å²) >= 11 is 0. The topological polar surface area (TPSA) is 131 Å². The molecule has 4 rings (SSSR count). The summed E-state index contributed by atoms with van der Waals surface area (Å²) in [6.45, 7) is 3.15. The number of aryl methyl sites for hydroxylation is 2. The molecule has 0 bridgehead atoms. The summed E-state index contributed by atoms with van der Waals surface area (Å²) in [6, 6.07) is 15.0. The average molecular weight is 488 g/mol. The Balaban J connectivity index is 1.69. The van der Waals surface area contributed by atoms with Gasteiger partial charge in [0.15, 0.2) is 6.61 Å². The maximum Gasteiger partial charge on any atom is 0.342 e. The Kier molecular flexibility index (Phi) is 6.43. The second-order valence-electron chi connectivity index (χ2n) is 8.46. The number of Topliss-reactive ketones (excluding diaryl/α,β-unsaturated/α-hetero) is 1. The highest BCUT2D eigenvalue weighted by Gasteiger charge is 2.25. The van der Waals surface area contributed by atoms with E-state index in [2.05, 4.69) is 5.10 Å². The number of carbonyl (C=O) groups is 2. The SMILES string of the molecule is Cc1ccc(-c2nn(-c3ccccc3)cc2C(=O)OCC(=O)c2c(N)n(C)c(=O)n(C)c2=O)c(C)c1. The fraction of sp³-hybridized carbons (Fsp3) is 0.192. The maximum atomic E-state index is 13.2. The van der Waals surface area contributed by atoms with E-state index >= 15 is 0 Å². The van der Waals surface area contributed by atoms with Gasteiger partial charge in [0.1, 0.15) is 22.6 Å². The van der Waals surface area contributed by atoms with E-state index in [1.807, 2.05) is 62.4 Å². The lowest BCUT2D eigenvalue weighted by Gasteiger charge is -2.11. The molecule has 0 fully saturated rings. The first-order chi connectivity index (χ1) is 17.1. The normalized spacial score (nSPS) is 10.9. The molecule has 0 spiro atoms. The second-order valence-corrected chi connectivity index (χ2v) is 8.46. The standard InChI is InChI=1S/C26H25N5O5/c1-15-10-11-18(16(2)12-15)22-19(13-31(28-22)17-8-6-5-7-9-17)25(34)36-14-20(32)21-23(27)29(3)26(35)30(4)24(21)33/h5-13H,14,27H2,1-4H3. The minimum absolute atomic E-state index is 0.153. The van der Waals surface area contributed by atoms with Crippen LogP contribution in [0.15, 0.2) is 64.3 Å². The average Bonchev–Trinajstić information content (AvgIpc) is 3.31. The highest BCUT2D eigenvalue weighted by Crippen LogP contribution is 2.28. The van der Waals surface area contributed by atoms with Crippen molar-refractivity contribution in [2.45, 2.75) is 13.8 Å². The number of esters is 1. The Bertz CT molecular complexity index is 1610. The lowest BCUT2D eigenvalue weighted by atomic mass is 10.0. The van der Waals surface area contributed by atoms with Gasteiger partial charge in [0.25, 0.3) is 5.56 Å². The molecule has 2 aromatic carbocycles. The zero-order valence-electron chi connectivity index (χ0n) is 20.3. The Morgan fingerprint density at radius 1 is 1.00 bits per heavy atom. The molecule has 36 heavy (non-hydrogen) atoms. The number of nitrogens with zero attached hydrogens (tertiary/aromatic N) is 4. The molecule has 0 saturated carbocycles. The summed E-state index contributed by atoms with van der Waals surface area (Å²) in [6.07, 6.45) is 1.54. The van der Waals surface area contributed by atoms with Gasteiger partial charge in [0, 0.05) is 25.9 Å². The van der Waals surface area contributed by atoms with Crippen molar-refractivity contribution in [3.05, 3.63) is 97.8 Å². The molecule has 0 unspecified atom stereocenters. The number of carbonyl (C=O) groups excluding carboxylic acids is 2. The van der Waals surface area contributed by atoms with Crippen LogP contribution in [0, 0.1) is 13.8 Å². The van der Waals surface area contributed by atoms with E-state index in [4.69, 9.17) is 10.5 Å². The van der Waals surface area contributed by atoms with Gasteiger partial charge in [-0.3, -0.25) is 18.7 Å². The molecule has 0 aliphatic carbocycles. The highest BCUT2D eigenvalue weighted by atomic mass is 16.5. The molecule has 0 aliphatic rings. The molecule has 4 aromatic rings. The van der Waals surface area contributed by atoms with Gasteiger partial charge in [0.2, 0.25) is 5.78 Å². The second kappa shape index (κ2) is 9.49. The van der Waals surface area contributed by atoms with Crippen molar-refractivity contribution in [3.63, 3.8) is 0 Å². The Morgan fingerprint density at radius 3 is 2.36 bits per heavy atom. The smallest absolute Gasteiger partial charge is 0.342 e. The number of para-hydroxylation sites is 1. The van der Waals surface area contributed by atoms with Crippen molar-refractivity contribution in [2.75, 3.05) is 12.3 Å². The Labute approximate surface area is 206 Å². The van der Waals surface area contributed by atoms with Gasteiger partial charge >= 0.3 is 11.7 Å². The third-order valence-electron chi connectivity index (χ3n) is 5.91. The number of ketones is 1. The van der Waals surface area contributed by atoms with Gasteiger partial charge in [-0.15, -0.1) is 0 Å². The molecule has 0 saturated heterocycles. The van der Waals surface area contributed by atoms with Crippen molar-refractivity contribution in [3.8, 4) is 16.9 Å². The fourth-order valence-electron chi connectivity index (χ4n) is 3.92. The molecular formula is C26H25N5O5. The van der Waals surface area contributed by atoms with Crippen molar-refractivity contribution in [1.29, 1.82) is 0 Å². The van der Waals surface area contributed by atoms with E-state index in [0.29, 0.717) is 5.69 Å². The van der Waals surface area contributed by atoms with Crippen LogP contribution in [-0.4, -0.2) is 37.3 Å². The number of rotatable bonds is 6. The lowest BCUT2D eigenvalue weighted by molar-refractivity contribution is 0.0475. The Hall–Kier alpha value is -4.73. The number of nitrogens with two attached hydrogens (primary N) is 1. The molecule has 0 aliphatic heterocycles. The van der Waals surface area contributed by atoms with E-state index in [1.54, 1.807) is 4.68 Å². The zero-order chi connectivity index (χ0) is 26.1. The van der Waals surface area contributed by atoms with Crippen LogP contribution >= 0.6 is 0 Å². The Morgan fingerprint density at radius 2 is 1.69 bits per heavy atom.